The Labute approximate surface area is 132 Å². The molecule has 2 fully saturated rings. The summed E-state index contributed by atoms with van der Waals surface area (Å²) in [6.45, 7) is 5.00. The predicted molar refractivity (Wildman–Crippen MR) is 87.6 cm³/mol. The molecule has 4 rings (SSSR count). The van der Waals surface area contributed by atoms with Gasteiger partial charge >= 0.3 is 0 Å². The maximum Gasteiger partial charge on any atom is 0.253 e. The fourth-order valence-corrected chi connectivity index (χ4v) is 4.33. The largest absolute Gasteiger partial charge is 0.336 e. The first-order chi connectivity index (χ1) is 10.8. The Morgan fingerprint density at radius 2 is 1.77 bits per heavy atom. The lowest BCUT2D eigenvalue weighted by Crippen LogP contribution is -2.50. The van der Waals surface area contributed by atoms with E-state index in [0.717, 1.165) is 49.5 Å². The highest BCUT2D eigenvalue weighted by atomic mass is 16.2. The fourth-order valence-electron chi connectivity index (χ4n) is 4.33. The van der Waals surface area contributed by atoms with Crippen LogP contribution in [0.2, 0.25) is 0 Å². The van der Waals surface area contributed by atoms with Gasteiger partial charge < -0.3 is 4.90 Å². The number of rotatable bonds is 3. The van der Waals surface area contributed by atoms with E-state index in [2.05, 4.69) is 17.1 Å². The van der Waals surface area contributed by atoms with Crippen molar-refractivity contribution in [2.75, 3.05) is 32.7 Å². The summed E-state index contributed by atoms with van der Waals surface area (Å²) < 4.78 is 0. The smallest absolute Gasteiger partial charge is 0.253 e. The van der Waals surface area contributed by atoms with Gasteiger partial charge in [-0.3, -0.25) is 9.69 Å². The third-order valence-corrected chi connectivity index (χ3v) is 5.59. The lowest BCUT2D eigenvalue weighted by atomic mass is 9.93. The first kappa shape index (κ1) is 14.0. The van der Waals surface area contributed by atoms with Crippen molar-refractivity contribution >= 4 is 5.91 Å². The Hall–Kier alpha value is -1.61. The topological polar surface area (TPSA) is 23.6 Å². The molecule has 1 aromatic rings. The molecule has 2 bridgehead atoms. The molecule has 0 radical (unpaired) electrons. The molecule has 0 aromatic heterocycles. The number of piperazine rings is 1. The van der Waals surface area contributed by atoms with Crippen molar-refractivity contribution in [1.82, 2.24) is 9.80 Å². The molecule has 0 N–H and O–H groups in total. The van der Waals surface area contributed by atoms with Crippen LogP contribution in [0.3, 0.4) is 0 Å². The zero-order valence-electron chi connectivity index (χ0n) is 13.0. The van der Waals surface area contributed by atoms with Crippen molar-refractivity contribution in [2.24, 2.45) is 17.8 Å². The lowest BCUT2D eigenvalue weighted by Gasteiger charge is -2.37. The van der Waals surface area contributed by atoms with Gasteiger partial charge in [0, 0.05) is 38.3 Å². The standard InChI is InChI=1S/C19H24N2O/c22-19(16-4-2-1-3-5-16)21-10-8-20(9-11-21)14-18-13-15-6-7-17(18)12-15/h1-7,15,17-18H,8-14H2/t15-,17+,18+/m1/s1. The normalized spacial score (nSPS) is 30.9. The summed E-state index contributed by atoms with van der Waals surface area (Å²) in [5.41, 5.74) is 0.814. The van der Waals surface area contributed by atoms with Gasteiger partial charge in [0.1, 0.15) is 0 Å². The summed E-state index contributed by atoms with van der Waals surface area (Å²) in [4.78, 5) is 17.0. The number of carbonyl (C=O) groups is 1. The van der Waals surface area contributed by atoms with E-state index >= 15 is 0 Å². The molecule has 116 valence electrons. The second-order valence-electron chi connectivity index (χ2n) is 7.00. The zero-order valence-corrected chi connectivity index (χ0v) is 13.0. The van der Waals surface area contributed by atoms with Gasteiger partial charge in [0.05, 0.1) is 0 Å². The van der Waals surface area contributed by atoms with Crippen LogP contribution < -0.4 is 0 Å². The first-order valence-corrected chi connectivity index (χ1v) is 8.54. The van der Waals surface area contributed by atoms with Crippen LogP contribution in [0.5, 0.6) is 0 Å². The van der Waals surface area contributed by atoms with E-state index in [1.165, 1.54) is 19.4 Å². The van der Waals surface area contributed by atoms with Crippen molar-refractivity contribution < 1.29 is 4.79 Å². The number of benzene rings is 1. The second kappa shape index (κ2) is 5.88. The van der Waals surface area contributed by atoms with E-state index < -0.39 is 0 Å². The molecule has 0 spiro atoms. The molecular weight excluding hydrogens is 272 g/mol. The second-order valence-corrected chi connectivity index (χ2v) is 7.00. The highest BCUT2D eigenvalue weighted by Crippen LogP contribution is 2.43. The molecule has 3 nitrogen and oxygen atoms in total. The fraction of sp³-hybridized carbons (Fsp3) is 0.526. The Balaban J connectivity index is 1.29. The number of fused-ring (bicyclic) bond motifs is 2. The summed E-state index contributed by atoms with van der Waals surface area (Å²) in [6, 6.07) is 9.66. The molecule has 3 atom stereocenters. The van der Waals surface area contributed by atoms with Crippen LogP contribution in [0.4, 0.5) is 0 Å². The van der Waals surface area contributed by atoms with Crippen LogP contribution >= 0.6 is 0 Å². The van der Waals surface area contributed by atoms with E-state index in [1.54, 1.807) is 0 Å². The average Bonchev–Trinajstić information content (AvgIpc) is 3.19. The van der Waals surface area contributed by atoms with Crippen LogP contribution in [0, 0.1) is 17.8 Å². The maximum absolute atomic E-state index is 12.5. The van der Waals surface area contributed by atoms with Gasteiger partial charge in [-0.15, -0.1) is 0 Å². The molecule has 1 aromatic carbocycles. The monoisotopic (exact) mass is 296 g/mol. The Morgan fingerprint density at radius 3 is 2.41 bits per heavy atom. The quantitative estimate of drug-likeness (QED) is 0.801. The summed E-state index contributed by atoms with van der Waals surface area (Å²) in [6.07, 6.45) is 7.62. The van der Waals surface area contributed by atoms with Crippen molar-refractivity contribution in [3.63, 3.8) is 0 Å². The van der Waals surface area contributed by atoms with E-state index in [0.29, 0.717) is 0 Å². The van der Waals surface area contributed by atoms with Crippen LogP contribution in [0.25, 0.3) is 0 Å². The maximum atomic E-state index is 12.5. The molecule has 3 aliphatic rings. The lowest BCUT2D eigenvalue weighted by molar-refractivity contribution is 0.0610. The SMILES string of the molecule is O=C(c1ccccc1)N1CCN(C[C@@H]2C[C@@H]3C=C[C@H]2C3)CC1. The first-order valence-electron chi connectivity index (χ1n) is 8.54. The number of hydrogen-bond donors (Lipinski definition) is 0. The van der Waals surface area contributed by atoms with E-state index in [1.807, 2.05) is 35.2 Å². The van der Waals surface area contributed by atoms with Gasteiger partial charge in [0.2, 0.25) is 0 Å². The zero-order chi connectivity index (χ0) is 14.9. The molecule has 1 saturated heterocycles. The third kappa shape index (κ3) is 2.70. The Kier molecular flexibility index (Phi) is 3.75. The van der Waals surface area contributed by atoms with Gasteiger partial charge in [-0.05, 0) is 42.7 Å². The average molecular weight is 296 g/mol. The van der Waals surface area contributed by atoms with Gasteiger partial charge in [-0.2, -0.15) is 0 Å². The molecule has 2 aliphatic carbocycles. The minimum absolute atomic E-state index is 0.183. The number of carbonyl (C=O) groups excluding carboxylic acids is 1. The van der Waals surface area contributed by atoms with Crippen LogP contribution in [0.1, 0.15) is 23.2 Å². The molecule has 1 heterocycles. The van der Waals surface area contributed by atoms with Crippen molar-refractivity contribution in [2.45, 2.75) is 12.8 Å². The van der Waals surface area contributed by atoms with Crippen molar-refractivity contribution in [1.29, 1.82) is 0 Å². The molecule has 1 saturated carbocycles. The Morgan fingerprint density at radius 1 is 1.00 bits per heavy atom. The highest BCUT2D eigenvalue weighted by molar-refractivity contribution is 5.94. The number of nitrogens with zero attached hydrogens (tertiary/aromatic N) is 2. The van der Waals surface area contributed by atoms with Crippen LogP contribution in [-0.4, -0.2) is 48.4 Å². The minimum Gasteiger partial charge on any atom is -0.336 e. The minimum atomic E-state index is 0.183. The van der Waals surface area contributed by atoms with Gasteiger partial charge in [-0.1, -0.05) is 30.4 Å². The summed E-state index contributed by atoms with van der Waals surface area (Å²) in [5, 5.41) is 0. The third-order valence-electron chi connectivity index (χ3n) is 5.59. The number of allylic oxidation sites excluding steroid dienone is 2. The predicted octanol–water partition coefficient (Wildman–Crippen LogP) is 2.66. The Bertz CT molecular complexity index is 560. The summed E-state index contributed by atoms with van der Waals surface area (Å²) in [5.74, 6) is 2.72. The summed E-state index contributed by atoms with van der Waals surface area (Å²) in [7, 11) is 0. The van der Waals surface area contributed by atoms with E-state index in [9.17, 15) is 4.79 Å². The molecule has 1 aliphatic heterocycles. The van der Waals surface area contributed by atoms with Crippen molar-refractivity contribution in [3.8, 4) is 0 Å². The molecule has 0 unspecified atom stereocenters. The van der Waals surface area contributed by atoms with Gasteiger partial charge in [-0.25, -0.2) is 0 Å². The molecule has 22 heavy (non-hydrogen) atoms. The van der Waals surface area contributed by atoms with Gasteiger partial charge in [0.15, 0.2) is 0 Å². The highest BCUT2D eigenvalue weighted by Gasteiger charge is 2.36. The summed E-state index contributed by atoms with van der Waals surface area (Å²) >= 11 is 0. The molecule has 3 heteroatoms. The van der Waals surface area contributed by atoms with E-state index in [-0.39, 0.29) is 5.91 Å². The van der Waals surface area contributed by atoms with Gasteiger partial charge in [0.25, 0.3) is 5.91 Å². The molecular formula is C19H24N2O. The number of hydrogen-bond acceptors (Lipinski definition) is 2. The number of amides is 1. The van der Waals surface area contributed by atoms with Crippen LogP contribution in [-0.2, 0) is 0 Å². The molecule has 1 amide bonds. The van der Waals surface area contributed by atoms with E-state index in [4.69, 9.17) is 0 Å². The van der Waals surface area contributed by atoms with Crippen LogP contribution in [0.15, 0.2) is 42.5 Å². The van der Waals surface area contributed by atoms with Crippen molar-refractivity contribution in [3.05, 3.63) is 48.0 Å².